The molecule has 2 aromatic carbocycles. The number of benzene rings is 2. The first-order valence-electron chi connectivity index (χ1n) is 7.47. The normalized spacial score (nSPS) is 15.9. The molecule has 0 spiro atoms. The van der Waals surface area contributed by atoms with E-state index < -0.39 is 11.8 Å². The Morgan fingerprint density at radius 3 is 2.61 bits per heavy atom. The third kappa shape index (κ3) is 2.77. The van der Waals surface area contributed by atoms with Gasteiger partial charge in [0.15, 0.2) is 0 Å². The smallest absolute Gasteiger partial charge is 0.316 e. The van der Waals surface area contributed by atoms with Crippen molar-refractivity contribution in [2.24, 2.45) is 0 Å². The topological polar surface area (TPSA) is 58.6 Å². The molecule has 1 aliphatic heterocycles. The molecule has 1 unspecified atom stereocenters. The zero-order valence-corrected chi connectivity index (χ0v) is 13.1. The van der Waals surface area contributed by atoms with Gasteiger partial charge in [0.25, 0.3) is 0 Å². The van der Waals surface area contributed by atoms with Gasteiger partial charge in [-0.3, -0.25) is 9.59 Å². The molecule has 0 saturated carbocycles. The van der Waals surface area contributed by atoms with Crippen LogP contribution in [0.4, 0.5) is 11.4 Å². The third-order valence-corrected chi connectivity index (χ3v) is 3.98. The molecule has 5 nitrogen and oxygen atoms in total. The number of hydrogen-bond acceptors (Lipinski definition) is 3. The number of nitrogens with one attached hydrogen (secondary N) is 1. The summed E-state index contributed by atoms with van der Waals surface area (Å²) in [7, 11) is 1.52. The highest BCUT2D eigenvalue weighted by Crippen LogP contribution is 2.32. The van der Waals surface area contributed by atoms with Crippen molar-refractivity contribution in [2.75, 3.05) is 17.3 Å². The van der Waals surface area contributed by atoms with Crippen LogP contribution in [0, 0.1) is 0 Å². The first-order chi connectivity index (χ1) is 11.1. The predicted molar refractivity (Wildman–Crippen MR) is 88.7 cm³/mol. The monoisotopic (exact) mass is 310 g/mol. The summed E-state index contributed by atoms with van der Waals surface area (Å²) < 4.78 is 5.19. The molecule has 1 N–H and O–H groups in total. The molecule has 2 amide bonds. The van der Waals surface area contributed by atoms with Crippen LogP contribution in [-0.4, -0.2) is 25.0 Å². The molecule has 0 aromatic heterocycles. The van der Waals surface area contributed by atoms with Gasteiger partial charge in [0.05, 0.1) is 12.8 Å². The quantitative estimate of drug-likeness (QED) is 0.868. The SMILES string of the molecule is COc1ccccc1NC(=O)C(=O)N1c2ccccc2CC1C. The van der Waals surface area contributed by atoms with Gasteiger partial charge in [-0.1, -0.05) is 30.3 Å². The minimum atomic E-state index is -0.668. The number of ether oxygens (including phenoxy) is 1. The lowest BCUT2D eigenvalue weighted by molar-refractivity contribution is -0.134. The number of amides is 2. The van der Waals surface area contributed by atoms with E-state index in [1.54, 1.807) is 29.2 Å². The maximum atomic E-state index is 12.6. The van der Waals surface area contributed by atoms with Crippen molar-refractivity contribution in [3.63, 3.8) is 0 Å². The number of nitrogens with zero attached hydrogens (tertiary/aromatic N) is 1. The molecule has 1 heterocycles. The fourth-order valence-electron chi connectivity index (χ4n) is 2.91. The van der Waals surface area contributed by atoms with E-state index in [1.165, 1.54) is 7.11 Å². The lowest BCUT2D eigenvalue weighted by atomic mass is 10.1. The van der Waals surface area contributed by atoms with E-state index >= 15 is 0 Å². The molecule has 1 atom stereocenters. The fraction of sp³-hybridized carbons (Fsp3) is 0.222. The van der Waals surface area contributed by atoms with Crippen LogP contribution in [0.15, 0.2) is 48.5 Å². The van der Waals surface area contributed by atoms with Gasteiger partial charge < -0.3 is 15.0 Å². The van der Waals surface area contributed by atoms with Gasteiger partial charge in [0.2, 0.25) is 0 Å². The van der Waals surface area contributed by atoms with E-state index in [4.69, 9.17) is 4.74 Å². The minimum absolute atomic E-state index is 0.0386. The predicted octanol–water partition coefficient (Wildman–Crippen LogP) is 2.61. The van der Waals surface area contributed by atoms with Crippen LogP contribution in [0.2, 0.25) is 0 Å². The second kappa shape index (κ2) is 6.12. The van der Waals surface area contributed by atoms with Gasteiger partial charge in [0.1, 0.15) is 5.75 Å². The first kappa shape index (κ1) is 15.1. The second-order valence-corrected chi connectivity index (χ2v) is 5.51. The van der Waals surface area contributed by atoms with Crippen molar-refractivity contribution < 1.29 is 14.3 Å². The summed E-state index contributed by atoms with van der Waals surface area (Å²) in [6.45, 7) is 1.94. The Bertz CT molecular complexity index is 757. The molecule has 2 aromatic rings. The van der Waals surface area contributed by atoms with Crippen molar-refractivity contribution in [2.45, 2.75) is 19.4 Å². The lowest BCUT2D eigenvalue weighted by Gasteiger charge is -2.22. The van der Waals surface area contributed by atoms with Gasteiger partial charge in [-0.05, 0) is 37.1 Å². The van der Waals surface area contributed by atoms with Crippen molar-refractivity contribution in [3.05, 3.63) is 54.1 Å². The first-order valence-corrected chi connectivity index (χ1v) is 7.47. The Balaban J connectivity index is 1.82. The van der Waals surface area contributed by atoms with E-state index in [0.29, 0.717) is 11.4 Å². The highest BCUT2D eigenvalue weighted by molar-refractivity contribution is 6.44. The number of hydrogen-bond donors (Lipinski definition) is 1. The van der Waals surface area contributed by atoms with Crippen molar-refractivity contribution in [1.29, 1.82) is 0 Å². The number of rotatable bonds is 2. The summed E-state index contributed by atoms with van der Waals surface area (Å²) in [6, 6.07) is 14.6. The molecule has 118 valence electrons. The van der Waals surface area contributed by atoms with E-state index in [0.717, 1.165) is 17.7 Å². The summed E-state index contributed by atoms with van der Waals surface area (Å²) in [6.07, 6.45) is 0.754. The minimum Gasteiger partial charge on any atom is -0.495 e. The zero-order valence-electron chi connectivity index (χ0n) is 13.1. The largest absolute Gasteiger partial charge is 0.495 e. The molecule has 0 aliphatic carbocycles. The molecule has 0 bridgehead atoms. The Hall–Kier alpha value is -2.82. The highest BCUT2D eigenvalue weighted by Gasteiger charge is 2.34. The van der Waals surface area contributed by atoms with Crippen LogP contribution >= 0.6 is 0 Å². The molecule has 0 saturated heterocycles. The van der Waals surface area contributed by atoms with Gasteiger partial charge in [0, 0.05) is 11.7 Å². The Morgan fingerprint density at radius 2 is 1.83 bits per heavy atom. The van der Waals surface area contributed by atoms with Gasteiger partial charge in [-0.2, -0.15) is 0 Å². The summed E-state index contributed by atoms with van der Waals surface area (Å²) in [5.41, 5.74) is 2.37. The number of carbonyl (C=O) groups excluding carboxylic acids is 2. The van der Waals surface area contributed by atoms with Gasteiger partial charge in [-0.25, -0.2) is 0 Å². The van der Waals surface area contributed by atoms with Crippen LogP contribution < -0.4 is 15.0 Å². The number of methoxy groups -OCH3 is 1. The lowest BCUT2D eigenvalue weighted by Crippen LogP contribution is -2.43. The summed E-state index contributed by atoms with van der Waals surface area (Å²) in [4.78, 5) is 26.5. The van der Waals surface area contributed by atoms with Crippen LogP contribution in [-0.2, 0) is 16.0 Å². The zero-order chi connectivity index (χ0) is 16.4. The molecular weight excluding hydrogens is 292 g/mol. The third-order valence-electron chi connectivity index (χ3n) is 3.98. The van der Waals surface area contributed by atoms with Crippen molar-refractivity contribution in [3.8, 4) is 5.75 Å². The Labute approximate surface area is 134 Å². The van der Waals surface area contributed by atoms with Crippen LogP contribution in [0.25, 0.3) is 0 Å². The van der Waals surface area contributed by atoms with E-state index in [-0.39, 0.29) is 6.04 Å². The molecule has 23 heavy (non-hydrogen) atoms. The number of para-hydroxylation sites is 3. The maximum absolute atomic E-state index is 12.6. The fourth-order valence-corrected chi connectivity index (χ4v) is 2.91. The van der Waals surface area contributed by atoms with E-state index in [1.807, 2.05) is 31.2 Å². The van der Waals surface area contributed by atoms with E-state index in [2.05, 4.69) is 5.32 Å². The summed E-state index contributed by atoms with van der Waals surface area (Å²) >= 11 is 0. The van der Waals surface area contributed by atoms with Gasteiger partial charge in [-0.15, -0.1) is 0 Å². The van der Waals surface area contributed by atoms with Crippen molar-refractivity contribution in [1.82, 2.24) is 0 Å². The standard InChI is InChI=1S/C18H18N2O3/c1-12-11-13-7-3-5-9-15(13)20(12)18(22)17(21)19-14-8-4-6-10-16(14)23-2/h3-10,12H,11H2,1-2H3,(H,19,21). The Morgan fingerprint density at radius 1 is 1.13 bits per heavy atom. The second-order valence-electron chi connectivity index (χ2n) is 5.51. The average molecular weight is 310 g/mol. The van der Waals surface area contributed by atoms with Crippen LogP contribution in [0.1, 0.15) is 12.5 Å². The molecule has 1 aliphatic rings. The van der Waals surface area contributed by atoms with Crippen LogP contribution in [0.3, 0.4) is 0 Å². The van der Waals surface area contributed by atoms with E-state index in [9.17, 15) is 9.59 Å². The number of carbonyl (C=O) groups is 2. The van der Waals surface area contributed by atoms with Crippen LogP contribution in [0.5, 0.6) is 5.75 Å². The molecule has 3 rings (SSSR count). The summed E-state index contributed by atoms with van der Waals surface area (Å²) in [5.74, 6) is -0.713. The highest BCUT2D eigenvalue weighted by atomic mass is 16.5. The number of fused-ring (bicyclic) bond motifs is 1. The number of anilines is 2. The molecule has 0 radical (unpaired) electrons. The summed E-state index contributed by atoms with van der Waals surface area (Å²) in [5, 5.41) is 2.63. The Kier molecular flexibility index (Phi) is 4.02. The molecule has 0 fully saturated rings. The maximum Gasteiger partial charge on any atom is 0.316 e. The molecule has 5 heteroatoms. The van der Waals surface area contributed by atoms with Crippen molar-refractivity contribution >= 4 is 23.2 Å². The average Bonchev–Trinajstić information content (AvgIpc) is 2.90. The molecular formula is C18H18N2O3. The van der Waals surface area contributed by atoms with Gasteiger partial charge >= 0.3 is 11.8 Å².